The first kappa shape index (κ1) is 21.3. The minimum atomic E-state index is -1.00. The van der Waals surface area contributed by atoms with Gasteiger partial charge < -0.3 is 14.6 Å². The molecule has 1 aromatic carbocycles. The number of carboxylic acid groups (broad SMARTS) is 1. The Morgan fingerprint density at radius 2 is 1.86 bits per heavy atom. The van der Waals surface area contributed by atoms with Crippen LogP contribution in [0, 0.1) is 10.8 Å². The van der Waals surface area contributed by atoms with E-state index in [0.717, 1.165) is 19.3 Å². The second-order valence-corrected chi connectivity index (χ2v) is 8.39. The number of hydrogen-bond donors (Lipinski definition) is 1. The fourth-order valence-corrected chi connectivity index (χ4v) is 4.57. The van der Waals surface area contributed by atoms with Gasteiger partial charge in [0.05, 0.1) is 6.10 Å². The molecular formula is C24H31NO4. The quantitative estimate of drug-likeness (QED) is 0.524. The molecule has 3 atom stereocenters. The number of para-hydroxylation sites is 1. The number of benzene rings is 1. The fourth-order valence-electron chi connectivity index (χ4n) is 4.57. The normalized spacial score (nSPS) is 23.4. The highest BCUT2D eigenvalue weighted by molar-refractivity contribution is 5.83. The van der Waals surface area contributed by atoms with Crippen molar-refractivity contribution in [1.82, 2.24) is 4.98 Å². The number of hydrogen-bond acceptors (Lipinski definition) is 4. The lowest BCUT2D eigenvalue weighted by Gasteiger charge is -2.23. The summed E-state index contributed by atoms with van der Waals surface area (Å²) in [6, 6.07) is 15.0. The fraction of sp³-hybridized carbons (Fsp3) is 0.500. The van der Waals surface area contributed by atoms with Gasteiger partial charge in [-0.3, -0.25) is 4.79 Å². The number of aliphatic carboxylic acids is 1. The Hall–Kier alpha value is -2.40. The van der Waals surface area contributed by atoms with Crippen LogP contribution in [0.5, 0.6) is 11.6 Å². The number of carboxylic acids is 1. The van der Waals surface area contributed by atoms with Crippen LogP contribution < -0.4 is 4.74 Å². The maximum atomic E-state index is 12.5. The Morgan fingerprint density at radius 1 is 1.14 bits per heavy atom. The molecule has 1 heterocycles. The first-order valence-electron chi connectivity index (χ1n) is 10.4. The minimum absolute atomic E-state index is 0.314. The summed E-state index contributed by atoms with van der Waals surface area (Å²) in [4.78, 5) is 17.1. The van der Waals surface area contributed by atoms with Gasteiger partial charge >= 0.3 is 5.97 Å². The molecule has 2 aromatic rings. The van der Waals surface area contributed by atoms with E-state index in [2.05, 4.69) is 11.9 Å². The summed E-state index contributed by atoms with van der Waals surface area (Å²) >= 11 is 0. The molecule has 0 amide bonds. The Kier molecular flexibility index (Phi) is 6.27. The number of nitrogens with zero attached hydrogens (tertiary/aromatic N) is 1. The second kappa shape index (κ2) is 8.54. The van der Waals surface area contributed by atoms with E-state index in [1.165, 1.54) is 0 Å². The van der Waals surface area contributed by atoms with Crippen LogP contribution in [0.2, 0.25) is 0 Å². The molecule has 0 spiro atoms. The first-order valence-corrected chi connectivity index (χ1v) is 10.4. The molecule has 3 rings (SSSR count). The van der Waals surface area contributed by atoms with E-state index in [9.17, 15) is 9.90 Å². The van der Waals surface area contributed by atoms with E-state index in [1.807, 2.05) is 63.2 Å². The molecule has 156 valence electrons. The zero-order valence-corrected chi connectivity index (χ0v) is 17.7. The maximum Gasteiger partial charge on any atom is 0.313 e. The summed E-state index contributed by atoms with van der Waals surface area (Å²) < 4.78 is 11.9. The molecule has 3 unspecified atom stereocenters. The summed E-state index contributed by atoms with van der Waals surface area (Å²) in [5.41, 5.74) is -0.770. The number of unbranched alkanes of at least 4 members (excludes halogenated alkanes) is 2. The highest BCUT2D eigenvalue weighted by Crippen LogP contribution is 2.71. The number of ether oxygens (including phenoxy) is 2. The van der Waals surface area contributed by atoms with E-state index in [1.54, 1.807) is 6.07 Å². The Bertz CT molecular complexity index is 836. The van der Waals surface area contributed by atoms with E-state index in [-0.39, 0.29) is 12.0 Å². The number of aromatic nitrogens is 1. The Labute approximate surface area is 173 Å². The van der Waals surface area contributed by atoms with Crippen LogP contribution in [-0.4, -0.2) is 28.8 Å². The molecular weight excluding hydrogens is 366 g/mol. The van der Waals surface area contributed by atoms with Gasteiger partial charge in [-0.05, 0) is 24.6 Å². The third-order valence-electron chi connectivity index (χ3n) is 6.28. The molecule has 29 heavy (non-hydrogen) atoms. The van der Waals surface area contributed by atoms with Crippen LogP contribution in [0.1, 0.15) is 58.6 Å². The molecule has 1 aromatic heterocycles. The average Bonchev–Trinajstić information content (AvgIpc) is 3.21. The molecule has 0 bridgehead atoms. The highest BCUT2D eigenvalue weighted by atomic mass is 16.5. The van der Waals surface area contributed by atoms with Crippen molar-refractivity contribution in [3.63, 3.8) is 0 Å². The van der Waals surface area contributed by atoms with Crippen molar-refractivity contribution in [2.75, 3.05) is 6.61 Å². The molecule has 0 aliphatic heterocycles. The van der Waals surface area contributed by atoms with Gasteiger partial charge in [-0.15, -0.1) is 0 Å². The predicted molar refractivity (Wildman–Crippen MR) is 112 cm³/mol. The summed E-state index contributed by atoms with van der Waals surface area (Å²) in [5.74, 6) is 0.0127. The second-order valence-electron chi connectivity index (χ2n) is 8.39. The van der Waals surface area contributed by atoms with E-state index in [0.29, 0.717) is 23.9 Å². The lowest BCUT2D eigenvalue weighted by molar-refractivity contribution is -0.147. The molecule has 1 N–H and O–H groups in total. The van der Waals surface area contributed by atoms with Crippen LogP contribution in [-0.2, 0) is 9.53 Å². The summed E-state index contributed by atoms with van der Waals surface area (Å²) in [6.45, 7) is 8.62. The van der Waals surface area contributed by atoms with E-state index >= 15 is 0 Å². The monoisotopic (exact) mass is 397 g/mol. The van der Waals surface area contributed by atoms with Crippen LogP contribution >= 0.6 is 0 Å². The molecule has 1 saturated carbocycles. The van der Waals surface area contributed by atoms with Gasteiger partial charge in [0.2, 0.25) is 5.88 Å². The Morgan fingerprint density at radius 3 is 2.52 bits per heavy atom. The number of rotatable bonds is 10. The number of pyridine rings is 1. The summed E-state index contributed by atoms with van der Waals surface area (Å²) in [5, 5.41) is 10.2. The van der Waals surface area contributed by atoms with Crippen LogP contribution in [0.3, 0.4) is 0 Å². The van der Waals surface area contributed by atoms with Gasteiger partial charge in [0.25, 0.3) is 0 Å². The number of carbonyl (C=O) groups is 1. The van der Waals surface area contributed by atoms with Crippen molar-refractivity contribution in [2.45, 2.75) is 59.0 Å². The van der Waals surface area contributed by atoms with Gasteiger partial charge in [0.15, 0.2) is 0 Å². The zero-order valence-electron chi connectivity index (χ0n) is 17.7. The lowest BCUT2D eigenvalue weighted by Crippen LogP contribution is -2.29. The summed E-state index contributed by atoms with van der Waals surface area (Å²) in [6.07, 6.45) is 2.81. The van der Waals surface area contributed by atoms with Crippen LogP contribution in [0.15, 0.2) is 48.5 Å². The average molecular weight is 398 g/mol. The molecule has 1 fully saturated rings. The van der Waals surface area contributed by atoms with Gasteiger partial charge in [0.1, 0.15) is 11.2 Å². The van der Waals surface area contributed by atoms with Gasteiger partial charge in [-0.2, -0.15) is 0 Å². The Balaban J connectivity index is 1.82. The molecule has 0 radical (unpaired) electrons. The van der Waals surface area contributed by atoms with Crippen molar-refractivity contribution in [3.05, 3.63) is 54.2 Å². The minimum Gasteiger partial charge on any atom is -0.481 e. The van der Waals surface area contributed by atoms with Crippen LogP contribution in [0.4, 0.5) is 0 Å². The zero-order chi connectivity index (χ0) is 21.1. The van der Waals surface area contributed by atoms with Crippen molar-refractivity contribution >= 4 is 5.97 Å². The largest absolute Gasteiger partial charge is 0.481 e. The van der Waals surface area contributed by atoms with Gasteiger partial charge in [-0.25, -0.2) is 4.98 Å². The third-order valence-corrected chi connectivity index (χ3v) is 6.28. The van der Waals surface area contributed by atoms with E-state index < -0.39 is 16.8 Å². The van der Waals surface area contributed by atoms with Crippen molar-refractivity contribution in [2.24, 2.45) is 10.8 Å². The van der Waals surface area contributed by atoms with Crippen molar-refractivity contribution in [1.29, 1.82) is 0 Å². The topological polar surface area (TPSA) is 68.7 Å². The predicted octanol–water partition coefficient (Wildman–Crippen LogP) is 5.66. The molecule has 1 aliphatic rings. The van der Waals surface area contributed by atoms with Crippen LogP contribution in [0.25, 0.3) is 0 Å². The summed E-state index contributed by atoms with van der Waals surface area (Å²) in [7, 11) is 0. The molecule has 5 nitrogen and oxygen atoms in total. The SMILES string of the molecule is CCCCCOC1C(C)(C)C1(C(=O)O)C(C)c1cccc(Oc2ccccc2)n1. The van der Waals surface area contributed by atoms with Crippen molar-refractivity contribution in [3.8, 4) is 11.6 Å². The maximum absolute atomic E-state index is 12.5. The van der Waals surface area contributed by atoms with Crippen molar-refractivity contribution < 1.29 is 19.4 Å². The van der Waals surface area contributed by atoms with E-state index in [4.69, 9.17) is 9.47 Å². The molecule has 1 aliphatic carbocycles. The lowest BCUT2D eigenvalue weighted by atomic mass is 9.81. The molecule has 0 saturated heterocycles. The van der Waals surface area contributed by atoms with Gasteiger partial charge in [-0.1, -0.05) is 64.8 Å². The van der Waals surface area contributed by atoms with Gasteiger partial charge in [0, 0.05) is 29.7 Å². The smallest absolute Gasteiger partial charge is 0.313 e. The standard InChI is InChI=1S/C24H31NO4/c1-5-6-10-16-28-21-23(3,4)24(21,22(26)27)17(2)19-14-11-15-20(25-19)29-18-12-8-7-9-13-18/h7-9,11-15,17,21H,5-6,10,16H2,1-4H3,(H,26,27). The third kappa shape index (κ3) is 3.88. The highest BCUT2D eigenvalue weighted by Gasteiger charge is 2.79. The first-order chi connectivity index (χ1) is 13.9. The molecule has 5 heteroatoms.